The molecule has 0 saturated carbocycles. The van der Waals surface area contributed by atoms with Crippen LogP contribution in [0, 0.1) is 19.7 Å². The first-order valence-electron chi connectivity index (χ1n) is 8.34. The second kappa shape index (κ2) is 7.82. The SMILES string of the molecule is CNC(=O)c1cc(S(=O)(=O)NCc2c(C)nn(-c3ccc(F)cc3)c2C)cs1. The van der Waals surface area contributed by atoms with E-state index >= 15 is 0 Å². The van der Waals surface area contributed by atoms with Gasteiger partial charge >= 0.3 is 0 Å². The Morgan fingerprint density at radius 1 is 1.25 bits per heavy atom. The van der Waals surface area contributed by atoms with Crippen LogP contribution in [-0.4, -0.2) is 31.2 Å². The third-order valence-corrected chi connectivity index (χ3v) is 6.75. The molecule has 0 aliphatic heterocycles. The Morgan fingerprint density at radius 3 is 2.57 bits per heavy atom. The summed E-state index contributed by atoms with van der Waals surface area (Å²) in [5.41, 5.74) is 2.84. The summed E-state index contributed by atoms with van der Waals surface area (Å²) in [6, 6.07) is 7.24. The Labute approximate surface area is 166 Å². The number of thiophene rings is 1. The first kappa shape index (κ1) is 20.2. The number of aryl methyl sites for hydroxylation is 1. The zero-order valence-corrected chi connectivity index (χ0v) is 17.1. The highest BCUT2D eigenvalue weighted by atomic mass is 32.2. The van der Waals surface area contributed by atoms with Crippen molar-refractivity contribution in [2.75, 3.05) is 7.05 Å². The van der Waals surface area contributed by atoms with Crippen molar-refractivity contribution in [2.45, 2.75) is 25.3 Å². The van der Waals surface area contributed by atoms with E-state index < -0.39 is 10.0 Å². The van der Waals surface area contributed by atoms with E-state index in [0.29, 0.717) is 16.3 Å². The van der Waals surface area contributed by atoms with Crippen LogP contribution in [0.15, 0.2) is 40.6 Å². The van der Waals surface area contributed by atoms with Crippen LogP contribution in [0.3, 0.4) is 0 Å². The Hall–Kier alpha value is -2.56. The lowest BCUT2D eigenvalue weighted by atomic mass is 10.2. The minimum Gasteiger partial charge on any atom is -0.354 e. The summed E-state index contributed by atoms with van der Waals surface area (Å²) in [5, 5.41) is 8.32. The van der Waals surface area contributed by atoms with E-state index in [9.17, 15) is 17.6 Å². The van der Waals surface area contributed by atoms with E-state index in [1.165, 1.54) is 30.6 Å². The summed E-state index contributed by atoms with van der Waals surface area (Å²) in [5.74, 6) is -0.677. The molecule has 0 aliphatic carbocycles. The lowest BCUT2D eigenvalue weighted by Gasteiger charge is -2.07. The first-order valence-corrected chi connectivity index (χ1v) is 10.7. The van der Waals surface area contributed by atoms with Gasteiger partial charge in [0, 0.05) is 30.2 Å². The van der Waals surface area contributed by atoms with E-state index in [0.717, 1.165) is 22.6 Å². The second-order valence-corrected chi connectivity index (χ2v) is 8.77. The molecule has 0 atom stereocenters. The van der Waals surface area contributed by atoms with Crippen molar-refractivity contribution in [2.24, 2.45) is 0 Å². The van der Waals surface area contributed by atoms with E-state index in [4.69, 9.17) is 0 Å². The monoisotopic (exact) mass is 422 g/mol. The second-order valence-electron chi connectivity index (χ2n) is 6.09. The molecule has 0 aliphatic rings. The Kier molecular flexibility index (Phi) is 5.64. The summed E-state index contributed by atoms with van der Waals surface area (Å²) in [4.78, 5) is 12.0. The number of aromatic nitrogens is 2. The maximum absolute atomic E-state index is 13.1. The molecule has 2 heterocycles. The van der Waals surface area contributed by atoms with Gasteiger partial charge in [-0.2, -0.15) is 5.10 Å². The van der Waals surface area contributed by atoms with Crippen molar-refractivity contribution in [3.05, 3.63) is 63.4 Å². The molecule has 3 rings (SSSR count). The van der Waals surface area contributed by atoms with Gasteiger partial charge in [-0.1, -0.05) is 0 Å². The fourth-order valence-electron chi connectivity index (χ4n) is 2.72. The smallest absolute Gasteiger partial charge is 0.261 e. The zero-order valence-electron chi connectivity index (χ0n) is 15.5. The highest BCUT2D eigenvalue weighted by Gasteiger charge is 2.20. The number of nitrogens with one attached hydrogen (secondary N) is 2. The van der Waals surface area contributed by atoms with Gasteiger partial charge in [-0.3, -0.25) is 4.79 Å². The minimum atomic E-state index is -3.78. The van der Waals surface area contributed by atoms with Gasteiger partial charge in [0.05, 0.1) is 21.2 Å². The molecule has 0 radical (unpaired) electrons. The molecule has 3 aromatic rings. The molecule has 2 aromatic heterocycles. The molecule has 7 nitrogen and oxygen atoms in total. The number of amides is 1. The molecule has 0 unspecified atom stereocenters. The van der Waals surface area contributed by atoms with Crippen molar-refractivity contribution in [3.63, 3.8) is 0 Å². The maximum atomic E-state index is 13.1. The number of hydrogen-bond donors (Lipinski definition) is 2. The molecule has 148 valence electrons. The predicted molar refractivity (Wildman–Crippen MR) is 105 cm³/mol. The molecule has 28 heavy (non-hydrogen) atoms. The standard InChI is InChI=1S/C18H19FN4O3S2/c1-11-16(12(2)23(22-11)14-6-4-13(19)5-7-14)9-21-28(25,26)15-8-17(27-10-15)18(24)20-3/h4-8,10,21H,9H2,1-3H3,(H,20,24). The van der Waals surface area contributed by atoms with Crippen LogP contribution in [0.5, 0.6) is 0 Å². The highest BCUT2D eigenvalue weighted by molar-refractivity contribution is 7.89. The zero-order chi connectivity index (χ0) is 20.5. The number of benzene rings is 1. The number of sulfonamides is 1. The molecule has 1 aromatic carbocycles. The third kappa shape index (κ3) is 3.98. The van der Waals surface area contributed by atoms with Gasteiger partial charge in [0.1, 0.15) is 5.82 Å². The van der Waals surface area contributed by atoms with Crippen LogP contribution in [0.4, 0.5) is 4.39 Å². The maximum Gasteiger partial charge on any atom is 0.261 e. The van der Waals surface area contributed by atoms with E-state index in [1.807, 2.05) is 6.92 Å². The van der Waals surface area contributed by atoms with Crippen LogP contribution in [0.1, 0.15) is 26.6 Å². The summed E-state index contributed by atoms with van der Waals surface area (Å²) < 4.78 is 42.5. The molecular weight excluding hydrogens is 403 g/mol. The lowest BCUT2D eigenvalue weighted by Crippen LogP contribution is -2.23. The topological polar surface area (TPSA) is 93.1 Å². The van der Waals surface area contributed by atoms with Gasteiger partial charge in [-0.05, 0) is 44.2 Å². The molecule has 1 amide bonds. The summed E-state index contributed by atoms with van der Waals surface area (Å²) >= 11 is 1.06. The summed E-state index contributed by atoms with van der Waals surface area (Å²) in [6.07, 6.45) is 0. The van der Waals surface area contributed by atoms with Crippen molar-refractivity contribution in [3.8, 4) is 5.69 Å². The number of halogens is 1. The highest BCUT2D eigenvalue weighted by Crippen LogP contribution is 2.21. The molecule has 10 heteroatoms. The lowest BCUT2D eigenvalue weighted by molar-refractivity contribution is 0.0967. The van der Waals surface area contributed by atoms with Gasteiger partial charge in [0.25, 0.3) is 5.91 Å². The van der Waals surface area contributed by atoms with Crippen molar-refractivity contribution < 1.29 is 17.6 Å². The quantitative estimate of drug-likeness (QED) is 0.638. The van der Waals surface area contributed by atoms with Gasteiger partial charge in [0.15, 0.2) is 0 Å². The van der Waals surface area contributed by atoms with E-state index in [-0.39, 0.29) is 23.2 Å². The largest absolute Gasteiger partial charge is 0.354 e. The molecule has 0 bridgehead atoms. The molecular formula is C18H19FN4O3S2. The normalized spacial score (nSPS) is 11.6. The predicted octanol–water partition coefficient (Wildman–Crippen LogP) is 2.53. The number of nitrogens with zero attached hydrogens (tertiary/aromatic N) is 2. The number of carbonyl (C=O) groups is 1. The average molecular weight is 423 g/mol. The Balaban J connectivity index is 1.81. The Morgan fingerprint density at radius 2 is 1.93 bits per heavy atom. The van der Waals surface area contributed by atoms with Crippen molar-refractivity contribution in [1.29, 1.82) is 0 Å². The molecule has 0 spiro atoms. The van der Waals surface area contributed by atoms with E-state index in [1.54, 1.807) is 23.7 Å². The molecule has 0 saturated heterocycles. The number of hydrogen-bond acceptors (Lipinski definition) is 5. The van der Waals surface area contributed by atoms with Crippen molar-refractivity contribution >= 4 is 27.3 Å². The van der Waals surface area contributed by atoms with Crippen molar-refractivity contribution in [1.82, 2.24) is 19.8 Å². The average Bonchev–Trinajstić information content (AvgIpc) is 3.26. The third-order valence-electron chi connectivity index (χ3n) is 4.29. The van der Waals surface area contributed by atoms with Gasteiger partial charge < -0.3 is 5.32 Å². The van der Waals surface area contributed by atoms with Gasteiger partial charge in [-0.25, -0.2) is 22.2 Å². The Bertz CT molecular complexity index is 1120. The summed E-state index contributed by atoms with van der Waals surface area (Å²) in [6.45, 7) is 3.65. The summed E-state index contributed by atoms with van der Waals surface area (Å²) in [7, 11) is -2.30. The van der Waals surface area contributed by atoms with Crippen LogP contribution >= 0.6 is 11.3 Å². The van der Waals surface area contributed by atoms with Gasteiger partial charge in [0.2, 0.25) is 10.0 Å². The fraction of sp³-hybridized carbons (Fsp3) is 0.222. The van der Waals surface area contributed by atoms with Crippen LogP contribution in [0.25, 0.3) is 5.69 Å². The molecule has 2 N–H and O–H groups in total. The van der Waals surface area contributed by atoms with Crippen LogP contribution in [-0.2, 0) is 16.6 Å². The molecule has 0 fully saturated rings. The number of rotatable bonds is 6. The fourth-order valence-corrected chi connectivity index (χ4v) is 4.93. The van der Waals surface area contributed by atoms with E-state index in [2.05, 4.69) is 15.1 Å². The minimum absolute atomic E-state index is 0.0392. The van der Waals surface area contributed by atoms with Gasteiger partial charge in [-0.15, -0.1) is 11.3 Å². The van der Waals surface area contributed by atoms with Crippen LogP contribution < -0.4 is 10.0 Å². The van der Waals surface area contributed by atoms with Crippen LogP contribution in [0.2, 0.25) is 0 Å². The number of carbonyl (C=O) groups excluding carboxylic acids is 1. The first-order chi connectivity index (χ1) is 13.2.